The molecule has 0 aromatic carbocycles. The fourth-order valence-corrected chi connectivity index (χ4v) is 1.63. The van der Waals surface area contributed by atoms with Crippen LogP contribution >= 0.6 is 0 Å². The van der Waals surface area contributed by atoms with Crippen LogP contribution in [0.5, 0.6) is 0 Å². The molecular weight excluding hydrogens is 196 g/mol. The molecule has 0 N–H and O–H groups in total. The van der Waals surface area contributed by atoms with Gasteiger partial charge in [-0.3, -0.25) is 0 Å². The van der Waals surface area contributed by atoms with Crippen LogP contribution in [-0.2, 0) is 9.47 Å². The molecule has 2 rings (SSSR count). The third kappa shape index (κ3) is 1.86. The summed E-state index contributed by atoms with van der Waals surface area (Å²) >= 11 is 0. The SMILES string of the molecule is COC1C=c2ccc(=O)oc2=CC1OC. The Kier molecular flexibility index (Phi) is 2.70. The Balaban J connectivity index is 2.61. The zero-order chi connectivity index (χ0) is 10.8. The van der Waals surface area contributed by atoms with E-state index in [4.69, 9.17) is 13.9 Å². The molecule has 2 unspecified atom stereocenters. The second kappa shape index (κ2) is 4.00. The van der Waals surface area contributed by atoms with E-state index in [-0.39, 0.29) is 17.8 Å². The predicted octanol–water partition coefficient (Wildman–Crippen LogP) is -0.756. The summed E-state index contributed by atoms with van der Waals surface area (Å²) in [5.41, 5.74) is 0.187. The van der Waals surface area contributed by atoms with Crippen LogP contribution in [0.25, 0.3) is 12.2 Å². The molecule has 0 saturated heterocycles. The average Bonchev–Trinajstić information content (AvgIpc) is 2.27. The van der Waals surface area contributed by atoms with Crippen molar-refractivity contribution in [2.75, 3.05) is 14.2 Å². The first-order valence-electron chi connectivity index (χ1n) is 4.64. The van der Waals surface area contributed by atoms with Crippen LogP contribution in [0.1, 0.15) is 0 Å². The van der Waals surface area contributed by atoms with E-state index in [1.54, 1.807) is 26.4 Å². The predicted molar refractivity (Wildman–Crippen MR) is 54.8 cm³/mol. The first-order valence-corrected chi connectivity index (χ1v) is 4.64. The minimum Gasteiger partial charge on any atom is -0.423 e. The van der Waals surface area contributed by atoms with E-state index in [2.05, 4.69) is 0 Å². The first kappa shape index (κ1) is 10.1. The lowest BCUT2D eigenvalue weighted by atomic mass is 10.1. The lowest BCUT2D eigenvalue weighted by Crippen LogP contribution is -2.41. The molecule has 1 aliphatic carbocycles. The second-order valence-corrected chi connectivity index (χ2v) is 3.31. The summed E-state index contributed by atoms with van der Waals surface area (Å²) < 4.78 is 15.5. The zero-order valence-electron chi connectivity index (χ0n) is 8.60. The van der Waals surface area contributed by atoms with E-state index in [1.807, 2.05) is 6.08 Å². The molecule has 0 amide bonds. The van der Waals surface area contributed by atoms with Crippen molar-refractivity contribution >= 4 is 12.2 Å². The minimum atomic E-state index is -0.357. The van der Waals surface area contributed by atoms with Gasteiger partial charge >= 0.3 is 5.63 Å². The van der Waals surface area contributed by atoms with Gasteiger partial charge in [-0.05, 0) is 18.2 Å². The van der Waals surface area contributed by atoms with Crippen molar-refractivity contribution in [1.29, 1.82) is 0 Å². The summed E-state index contributed by atoms with van der Waals surface area (Å²) in [6.07, 6.45) is 3.28. The smallest absolute Gasteiger partial charge is 0.336 e. The summed E-state index contributed by atoms with van der Waals surface area (Å²) in [4.78, 5) is 11.0. The fraction of sp³-hybridized carbons (Fsp3) is 0.364. The second-order valence-electron chi connectivity index (χ2n) is 3.31. The third-order valence-electron chi connectivity index (χ3n) is 2.42. The van der Waals surface area contributed by atoms with E-state index >= 15 is 0 Å². The maximum atomic E-state index is 11.0. The summed E-state index contributed by atoms with van der Waals surface area (Å²) in [6.45, 7) is 0. The molecule has 0 radical (unpaired) electrons. The van der Waals surface area contributed by atoms with Gasteiger partial charge in [-0.15, -0.1) is 0 Å². The molecule has 1 heterocycles. The Bertz CT molecular complexity index is 514. The van der Waals surface area contributed by atoms with Crippen molar-refractivity contribution in [2.45, 2.75) is 12.2 Å². The highest BCUT2D eigenvalue weighted by molar-refractivity contribution is 5.43. The van der Waals surface area contributed by atoms with Gasteiger partial charge in [0.25, 0.3) is 0 Å². The number of hydrogen-bond acceptors (Lipinski definition) is 4. The average molecular weight is 208 g/mol. The van der Waals surface area contributed by atoms with Gasteiger partial charge in [-0.1, -0.05) is 0 Å². The van der Waals surface area contributed by atoms with Gasteiger partial charge in [0.2, 0.25) is 0 Å². The molecule has 2 atom stereocenters. The zero-order valence-corrected chi connectivity index (χ0v) is 8.60. The summed E-state index contributed by atoms with van der Waals surface area (Å²) in [5, 5.41) is 0.856. The van der Waals surface area contributed by atoms with Crippen molar-refractivity contribution in [1.82, 2.24) is 0 Å². The van der Waals surface area contributed by atoms with Crippen LogP contribution in [0.3, 0.4) is 0 Å². The molecule has 4 nitrogen and oxygen atoms in total. The molecule has 0 bridgehead atoms. The molecule has 0 fully saturated rings. The van der Waals surface area contributed by atoms with Gasteiger partial charge in [0.15, 0.2) is 0 Å². The summed E-state index contributed by atoms with van der Waals surface area (Å²) in [5.74, 6) is 0. The maximum Gasteiger partial charge on any atom is 0.336 e. The topological polar surface area (TPSA) is 48.7 Å². The largest absolute Gasteiger partial charge is 0.423 e. The monoisotopic (exact) mass is 208 g/mol. The molecular formula is C11H12O4. The van der Waals surface area contributed by atoms with Gasteiger partial charge < -0.3 is 13.9 Å². The molecule has 1 aromatic heterocycles. The molecule has 4 heteroatoms. The van der Waals surface area contributed by atoms with Crippen molar-refractivity contribution in [3.05, 3.63) is 33.2 Å². The molecule has 1 aliphatic rings. The Morgan fingerprint density at radius 1 is 1.13 bits per heavy atom. The van der Waals surface area contributed by atoms with E-state index in [1.165, 1.54) is 6.07 Å². The molecule has 15 heavy (non-hydrogen) atoms. The lowest BCUT2D eigenvalue weighted by Gasteiger charge is -2.20. The number of rotatable bonds is 2. The molecule has 0 aliphatic heterocycles. The van der Waals surface area contributed by atoms with Gasteiger partial charge in [0.1, 0.15) is 17.6 Å². The summed E-state index contributed by atoms with van der Waals surface area (Å²) in [7, 11) is 3.21. The van der Waals surface area contributed by atoms with E-state index in [9.17, 15) is 4.79 Å². The van der Waals surface area contributed by atoms with Crippen LogP contribution in [0, 0.1) is 0 Å². The Morgan fingerprint density at radius 3 is 2.47 bits per heavy atom. The van der Waals surface area contributed by atoms with Crippen LogP contribution < -0.4 is 16.3 Å². The van der Waals surface area contributed by atoms with Crippen molar-refractivity contribution < 1.29 is 13.9 Å². The van der Waals surface area contributed by atoms with Gasteiger partial charge in [-0.25, -0.2) is 4.79 Å². The Morgan fingerprint density at radius 2 is 1.80 bits per heavy atom. The van der Waals surface area contributed by atoms with Crippen molar-refractivity contribution in [2.24, 2.45) is 0 Å². The van der Waals surface area contributed by atoms with E-state index in [0.717, 1.165) is 5.22 Å². The summed E-state index contributed by atoms with van der Waals surface area (Å²) in [6, 6.07) is 3.11. The normalized spacial score (nSPS) is 23.9. The minimum absolute atomic E-state index is 0.143. The first-order chi connectivity index (χ1) is 7.24. The highest BCUT2D eigenvalue weighted by Gasteiger charge is 2.19. The quantitative estimate of drug-likeness (QED) is 0.641. The molecule has 80 valence electrons. The standard InChI is InChI=1S/C11H12O4/c1-13-9-5-7-3-4-11(12)15-8(7)6-10(9)14-2/h3-6,9-10H,1-2H3. The van der Waals surface area contributed by atoms with Crippen molar-refractivity contribution in [3.63, 3.8) is 0 Å². The number of ether oxygens (including phenoxy) is 2. The van der Waals surface area contributed by atoms with Gasteiger partial charge in [0, 0.05) is 25.5 Å². The van der Waals surface area contributed by atoms with Gasteiger partial charge in [-0.2, -0.15) is 0 Å². The Hall–Kier alpha value is -1.39. The molecule has 1 aromatic rings. The van der Waals surface area contributed by atoms with Crippen LogP contribution in [-0.4, -0.2) is 26.4 Å². The van der Waals surface area contributed by atoms with Crippen LogP contribution in [0.2, 0.25) is 0 Å². The number of fused-ring (bicyclic) bond motifs is 1. The molecule has 0 spiro atoms. The van der Waals surface area contributed by atoms with Crippen LogP contribution in [0.15, 0.2) is 21.3 Å². The van der Waals surface area contributed by atoms with Crippen molar-refractivity contribution in [3.8, 4) is 0 Å². The highest BCUT2D eigenvalue weighted by Crippen LogP contribution is 2.07. The number of methoxy groups -OCH3 is 2. The molecule has 0 saturated carbocycles. The van der Waals surface area contributed by atoms with Gasteiger partial charge in [0.05, 0.1) is 0 Å². The van der Waals surface area contributed by atoms with Crippen LogP contribution in [0.4, 0.5) is 0 Å². The fourth-order valence-electron chi connectivity index (χ4n) is 1.63. The third-order valence-corrected chi connectivity index (χ3v) is 2.42. The van der Waals surface area contributed by atoms with E-state index < -0.39 is 0 Å². The maximum absolute atomic E-state index is 11.0. The Labute approximate surface area is 86.4 Å². The van der Waals surface area contributed by atoms with E-state index in [0.29, 0.717) is 5.42 Å². The number of hydrogen-bond donors (Lipinski definition) is 0. The highest BCUT2D eigenvalue weighted by atomic mass is 16.5. The lowest BCUT2D eigenvalue weighted by molar-refractivity contribution is 0.0296.